The largest absolute Gasteiger partial charge is 0.227 e. The van der Waals surface area contributed by atoms with Crippen LogP contribution in [0.1, 0.15) is 20.8 Å². The van der Waals surface area contributed by atoms with Crippen LogP contribution in [0.2, 0.25) is 0 Å². The molecule has 0 amide bonds. The molecule has 12 heavy (non-hydrogen) atoms. The fourth-order valence-corrected chi connectivity index (χ4v) is 2.10. The van der Waals surface area contributed by atoms with Gasteiger partial charge in [0.25, 0.3) is 0 Å². The minimum absolute atomic E-state index is 0.0339. The second kappa shape index (κ2) is 3.94. The lowest BCUT2D eigenvalue weighted by Crippen LogP contribution is -2.35. The van der Waals surface area contributed by atoms with Gasteiger partial charge in [-0.2, -0.15) is 0 Å². The van der Waals surface area contributed by atoms with Crippen molar-refractivity contribution < 1.29 is 8.42 Å². The highest BCUT2D eigenvalue weighted by Crippen LogP contribution is 2.16. The predicted octanol–water partition coefficient (Wildman–Crippen LogP) is 1.49. The van der Waals surface area contributed by atoms with E-state index in [2.05, 4.69) is 0 Å². The van der Waals surface area contributed by atoms with Crippen LogP contribution < -0.4 is 0 Å². The molecule has 0 saturated heterocycles. The lowest BCUT2D eigenvalue weighted by molar-refractivity contribution is 0.312. The molecule has 0 heterocycles. The van der Waals surface area contributed by atoms with Crippen LogP contribution in [-0.2, 0) is 10.0 Å². The van der Waals surface area contributed by atoms with Gasteiger partial charge >= 0.3 is 0 Å². The zero-order chi connectivity index (χ0) is 9.99. The van der Waals surface area contributed by atoms with Crippen LogP contribution in [0.3, 0.4) is 0 Å². The maximum atomic E-state index is 11.2. The van der Waals surface area contributed by atoms with Crippen LogP contribution in [0.25, 0.3) is 0 Å². The van der Waals surface area contributed by atoms with E-state index < -0.39 is 10.0 Å². The standard InChI is InChI=1S/C7H16ClNO2S/c1-7(2,3)5-9(4)12(10,11)6-8/h5-6H2,1-4H3. The molecule has 74 valence electrons. The van der Waals surface area contributed by atoms with E-state index >= 15 is 0 Å². The summed E-state index contributed by atoms with van der Waals surface area (Å²) >= 11 is 5.29. The van der Waals surface area contributed by atoms with Gasteiger partial charge in [0.1, 0.15) is 5.21 Å². The minimum Gasteiger partial charge on any atom is -0.211 e. The van der Waals surface area contributed by atoms with E-state index in [4.69, 9.17) is 11.6 Å². The number of sulfonamides is 1. The second-order valence-corrected chi connectivity index (χ2v) is 6.70. The maximum absolute atomic E-state index is 11.2. The molecule has 0 unspecified atom stereocenters. The van der Waals surface area contributed by atoms with E-state index in [1.54, 1.807) is 7.05 Å². The van der Waals surface area contributed by atoms with Crippen molar-refractivity contribution in [2.45, 2.75) is 20.8 Å². The van der Waals surface area contributed by atoms with Gasteiger partial charge in [0.2, 0.25) is 10.0 Å². The van der Waals surface area contributed by atoms with Gasteiger partial charge in [-0.25, -0.2) is 12.7 Å². The van der Waals surface area contributed by atoms with Crippen molar-refractivity contribution in [2.75, 3.05) is 18.8 Å². The Hall–Kier alpha value is 0.200. The summed E-state index contributed by atoms with van der Waals surface area (Å²) in [4.78, 5) is 0. The maximum Gasteiger partial charge on any atom is 0.227 e. The Morgan fingerprint density at radius 2 is 1.75 bits per heavy atom. The third kappa shape index (κ3) is 4.28. The third-order valence-electron chi connectivity index (χ3n) is 1.31. The first-order chi connectivity index (χ1) is 5.19. The van der Waals surface area contributed by atoms with E-state index in [0.717, 1.165) is 0 Å². The molecule has 0 aromatic carbocycles. The average Bonchev–Trinajstić information content (AvgIpc) is 1.84. The van der Waals surface area contributed by atoms with Crippen LogP contribution in [0.4, 0.5) is 0 Å². The summed E-state index contributed by atoms with van der Waals surface area (Å²) in [6, 6.07) is 0. The molecule has 0 radical (unpaired) electrons. The van der Waals surface area contributed by atoms with Crippen LogP contribution in [-0.4, -0.2) is 31.5 Å². The number of hydrogen-bond donors (Lipinski definition) is 0. The van der Waals surface area contributed by atoms with E-state index in [1.165, 1.54) is 4.31 Å². The highest BCUT2D eigenvalue weighted by molar-refractivity contribution is 7.90. The Kier molecular flexibility index (Phi) is 4.00. The molecule has 0 aliphatic rings. The minimum atomic E-state index is -3.23. The molecule has 3 nitrogen and oxygen atoms in total. The molecule has 0 bridgehead atoms. The van der Waals surface area contributed by atoms with Crippen molar-refractivity contribution >= 4 is 21.6 Å². The van der Waals surface area contributed by atoms with Gasteiger partial charge in [-0.15, -0.1) is 11.6 Å². The molecule has 0 saturated carbocycles. The molecular formula is C7H16ClNO2S. The summed E-state index contributed by atoms with van der Waals surface area (Å²) < 4.78 is 23.6. The van der Waals surface area contributed by atoms with Gasteiger partial charge in [0.15, 0.2) is 0 Å². The highest BCUT2D eigenvalue weighted by atomic mass is 35.5. The number of hydrogen-bond acceptors (Lipinski definition) is 2. The van der Waals surface area contributed by atoms with Crippen molar-refractivity contribution in [1.29, 1.82) is 0 Å². The first-order valence-corrected chi connectivity index (χ1v) is 5.83. The molecule has 0 N–H and O–H groups in total. The molecule has 0 aliphatic heterocycles. The van der Waals surface area contributed by atoms with Crippen LogP contribution in [0, 0.1) is 5.41 Å². The number of nitrogens with zero attached hydrogens (tertiary/aromatic N) is 1. The van der Waals surface area contributed by atoms with Gasteiger partial charge in [0.05, 0.1) is 0 Å². The third-order valence-corrected chi connectivity index (χ3v) is 3.49. The Bertz CT molecular complexity index is 230. The smallest absolute Gasteiger partial charge is 0.211 e. The number of alkyl halides is 1. The van der Waals surface area contributed by atoms with Crippen molar-refractivity contribution in [3.05, 3.63) is 0 Å². The summed E-state index contributed by atoms with van der Waals surface area (Å²) in [5.74, 6) is 0. The molecule has 0 fully saturated rings. The lowest BCUT2D eigenvalue weighted by atomic mass is 9.97. The number of halogens is 1. The van der Waals surface area contributed by atoms with Gasteiger partial charge in [-0.05, 0) is 5.41 Å². The van der Waals surface area contributed by atoms with E-state index in [1.807, 2.05) is 20.8 Å². The Morgan fingerprint density at radius 3 is 2.00 bits per heavy atom. The molecule has 5 heteroatoms. The van der Waals surface area contributed by atoms with Crippen LogP contribution in [0.5, 0.6) is 0 Å². The van der Waals surface area contributed by atoms with Crippen molar-refractivity contribution in [3.63, 3.8) is 0 Å². The van der Waals surface area contributed by atoms with Crippen LogP contribution >= 0.6 is 11.6 Å². The predicted molar refractivity (Wildman–Crippen MR) is 51.7 cm³/mol. The van der Waals surface area contributed by atoms with Gasteiger partial charge in [-0.1, -0.05) is 20.8 Å². The lowest BCUT2D eigenvalue weighted by Gasteiger charge is -2.25. The Labute approximate surface area is 79.8 Å². The van der Waals surface area contributed by atoms with Gasteiger partial charge in [-0.3, -0.25) is 0 Å². The Balaban J connectivity index is 4.34. The molecule has 0 aromatic heterocycles. The molecule has 0 aliphatic carbocycles. The highest BCUT2D eigenvalue weighted by Gasteiger charge is 2.22. The summed E-state index contributed by atoms with van der Waals surface area (Å²) in [5.41, 5.74) is -0.0339. The molecule has 0 spiro atoms. The van der Waals surface area contributed by atoms with Crippen molar-refractivity contribution in [2.24, 2.45) is 5.41 Å². The summed E-state index contributed by atoms with van der Waals surface area (Å²) in [6.45, 7) is 6.43. The van der Waals surface area contributed by atoms with E-state index in [0.29, 0.717) is 6.54 Å². The number of rotatable bonds is 3. The van der Waals surface area contributed by atoms with Gasteiger partial charge < -0.3 is 0 Å². The topological polar surface area (TPSA) is 37.4 Å². The van der Waals surface area contributed by atoms with Crippen LogP contribution in [0.15, 0.2) is 0 Å². The summed E-state index contributed by atoms with van der Waals surface area (Å²) in [7, 11) is -1.69. The summed E-state index contributed by atoms with van der Waals surface area (Å²) in [6.07, 6.45) is 0. The van der Waals surface area contributed by atoms with E-state index in [-0.39, 0.29) is 10.6 Å². The quantitative estimate of drug-likeness (QED) is 0.667. The normalized spacial score (nSPS) is 13.8. The molecule has 0 rings (SSSR count). The second-order valence-electron chi connectivity index (χ2n) is 4.04. The first kappa shape index (κ1) is 12.2. The van der Waals surface area contributed by atoms with E-state index in [9.17, 15) is 8.42 Å². The zero-order valence-electron chi connectivity index (χ0n) is 7.96. The van der Waals surface area contributed by atoms with Crippen molar-refractivity contribution in [1.82, 2.24) is 4.31 Å². The fourth-order valence-electron chi connectivity index (χ4n) is 0.850. The van der Waals surface area contributed by atoms with Gasteiger partial charge in [0, 0.05) is 13.6 Å². The SMILES string of the molecule is CN(CC(C)(C)C)S(=O)(=O)CCl. The molecule has 0 aromatic rings. The zero-order valence-corrected chi connectivity index (χ0v) is 9.54. The molecule has 0 atom stereocenters. The molecular weight excluding hydrogens is 198 g/mol. The van der Waals surface area contributed by atoms with Crippen molar-refractivity contribution in [3.8, 4) is 0 Å². The monoisotopic (exact) mass is 213 g/mol. The Morgan fingerprint density at radius 1 is 1.33 bits per heavy atom. The summed E-state index contributed by atoms with van der Waals surface area (Å²) in [5, 5.41) is -0.348. The first-order valence-electron chi connectivity index (χ1n) is 3.69. The average molecular weight is 214 g/mol. The fraction of sp³-hybridized carbons (Fsp3) is 1.00.